The summed E-state index contributed by atoms with van der Waals surface area (Å²) >= 11 is 0. The molecule has 5 heteroatoms. The third-order valence-electron chi connectivity index (χ3n) is 2.92. The lowest BCUT2D eigenvalue weighted by Gasteiger charge is -2.23. The quantitative estimate of drug-likeness (QED) is 0.834. The normalized spacial score (nSPS) is 14.2. The SMILES string of the molecule is CC(=O)N(C1=CC(=O)C=CC1=O)c1ccc(CN)cc1. The molecule has 2 rings (SSSR count). The average Bonchev–Trinajstić information content (AvgIpc) is 2.43. The van der Waals surface area contributed by atoms with Crippen LogP contribution in [0.15, 0.2) is 48.2 Å². The van der Waals surface area contributed by atoms with E-state index in [0.29, 0.717) is 12.2 Å². The van der Waals surface area contributed by atoms with Crippen molar-refractivity contribution in [1.82, 2.24) is 0 Å². The Labute approximate surface area is 116 Å². The Morgan fingerprint density at radius 3 is 2.35 bits per heavy atom. The monoisotopic (exact) mass is 270 g/mol. The molecule has 1 aromatic carbocycles. The molecule has 0 atom stereocenters. The van der Waals surface area contributed by atoms with Gasteiger partial charge in [-0.2, -0.15) is 0 Å². The van der Waals surface area contributed by atoms with Crippen LogP contribution in [0, 0.1) is 0 Å². The van der Waals surface area contributed by atoms with Crippen molar-refractivity contribution in [3.8, 4) is 0 Å². The maximum absolute atomic E-state index is 11.9. The van der Waals surface area contributed by atoms with E-state index < -0.39 is 0 Å². The van der Waals surface area contributed by atoms with Crippen LogP contribution >= 0.6 is 0 Å². The van der Waals surface area contributed by atoms with E-state index in [-0.39, 0.29) is 23.2 Å². The first-order chi connectivity index (χ1) is 9.52. The smallest absolute Gasteiger partial charge is 0.228 e. The second-order valence-electron chi connectivity index (χ2n) is 4.35. The number of carbonyl (C=O) groups excluding carboxylic acids is 3. The molecule has 102 valence electrons. The number of nitrogens with zero attached hydrogens (tertiary/aromatic N) is 1. The van der Waals surface area contributed by atoms with Gasteiger partial charge in [0.1, 0.15) is 5.70 Å². The number of ketones is 2. The van der Waals surface area contributed by atoms with Gasteiger partial charge >= 0.3 is 0 Å². The Bertz CT molecular complexity index is 627. The highest BCUT2D eigenvalue weighted by Gasteiger charge is 2.24. The lowest BCUT2D eigenvalue weighted by Crippen LogP contribution is -2.33. The fourth-order valence-corrected chi connectivity index (χ4v) is 1.94. The standard InChI is InChI=1S/C15H14N2O3/c1-10(18)17(12-4-2-11(9-16)3-5-12)14-8-13(19)6-7-15(14)20/h2-8H,9,16H2,1H3. The van der Waals surface area contributed by atoms with Crippen molar-refractivity contribution >= 4 is 23.2 Å². The summed E-state index contributed by atoms with van der Waals surface area (Å²) in [4.78, 5) is 36.3. The van der Waals surface area contributed by atoms with Gasteiger partial charge in [0.15, 0.2) is 5.78 Å². The molecular formula is C15H14N2O3. The number of benzene rings is 1. The van der Waals surface area contributed by atoms with Crippen molar-refractivity contribution in [1.29, 1.82) is 0 Å². The molecule has 1 amide bonds. The molecule has 1 aliphatic carbocycles. The number of hydrogen-bond donors (Lipinski definition) is 1. The third-order valence-corrected chi connectivity index (χ3v) is 2.92. The molecule has 0 bridgehead atoms. The maximum atomic E-state index is 11.9. The summed E-state index contributed by atoms with van der Waals surface area (Å²) in [7, 11) is 0. The van der Waals surface area contributed by atoms with E-state index in [2.05, 4.69) is 0 Å². The van der Waals surface area contributed by atoms with Crippen LogP contribution < -0.4 is 10.6 Å². The van der Waals surface area contributed by atoms with Gasteiger partial charge in [-0.15, -0.1) is 0 Å². The summed E-state index contributed by atoms with van der Waals surface area (Å²) in [6.45, 7) is 1.73. The molecular weight excluding hydrogens is 256 g/mol. The fourth-order valence-electron chi connectivity index (χ4n) is 1.94. The van der Waals surface area contributed by atoms with Gasteiger partial charge in [0, 0.05) is 25.2 Å². The van der Waals surface area contributed by atoms with E-state index >= 15 is 0 Å². The molecule has 0 saturated carbocycles. The van der Waals surface area contributed by atoms with Crippen LogP contribution in [0.2, 0.25) is 0 Å². The lowest BCUT2D eigenvalue weighted by molar-refractivity contribution is -0.118. The molecule has 5 nitrogen and oxygen atoms in total. The highest BCUT2D eigenvalue weighted by atomic mass is 16.2. The second-order valence-corrected chi connectivity index (χ2v) is 4.35. The van der Waals surface area contributed by atoms with E-state index in [1.54, 1.807) is 24.3 Å². The van der Waals surface area contributed by atoms with Gasteiger partial charge in [-0.3, -0.25) is 19.3 Å². The predicted octanol–water partition coefficient (Wildman–Crippen LogP) is 1.09. The number of nitrogens with two attached hydrogens (primary N) is 1. The van der Waals surface area contributed by atoms with Crippen LogP contribution in [0.1, 0.15) is 12.5 Å². The van der Waals surface area contributed by atoms with Crippen LogP contribution in [0.25, 0.3) is 0 Å². The van der Waals surface area contributed by atoms with Gasteiger partial charge in [-0.1, -0.05) is 12.1 Å². The minimum absolute atomic E-state index is 0.0606. The second kappa shape index (κ2) is 5.63. The van der Waals surface area contributed by atoms with Gasteiger partial charge in [0.25, 0.3) is 0 Å². The third kappa shape index (κ3) is 2.73. The van der Waals surface area contributed by atoms with Crippen molar-refractivity contribution in [3.05, 3.63) is 53.8 Å². The van der Waals surface area contributed by atoms with Crippen LogP contribution in [0.3, 0.4) is 0 Å². The van der Waals surface area contributed by atoms with Crippen molar-refractivity contribution < 1.29 is 14.4 Å². The molecule has 2 N–H and O–H groups in total. The van der Waals surface area contributed by atoms with Crippen LogP contribution in [0.4, 0.5) is 5.69 Å². The number of amides is 1. The first-order valence-electron chi connectivity index (χ1n) is 6.10. The van der Waals surface area contributed by atoms with E-state index in [4.69, 9.17) is 5.73 Å². The topological polar surface area (TPSA) is 80.5 Å². The molecule has 0 aliphatic heterocycles. The summed E-state index contributed by atoms with van der Waals surface area (Å²) in [5.41, 5.74) is 7.02. The summed E-state index contributed by atoms with van der Waals surface area (Å²) < 4.78 is 0. The Morgan fingerprint density at radius 2 is 1.80 bits per heavy atom. The first-order valence-corrected chi connectivity index (χ1v) is 6.10. The van der Waals surface area contributed by atoms with E-state index in [9.17, 15) is 14.4 Å². The van der Waals surface area contributed by atoms with Crippen LogP contribution in [-0.4, -0.2) is 17.5 Å². The predicted molar refractivity (Wildman–Crippen MR) is 74.7 cm³/mol. The molecule has 0 saturated heterocycles. The largest absolute Gasteiger partial charge is 0.326 e. The zero-order valence-electron chi connectivity index (χ0n) is 11.0. The number of allylic oxidation sites excluding steroid dienone is 3. The molecule has 0 unspecified atom stereocenters. The van der Waals surface area contributed by atoms with E-state index in [0.717, 1.165) is 5.56 Å². The first kappa shape index (κ1) is 13.9. The van der Waals surface area contributed by atoms with Gasteiger partial charge in [0.05, 0.1) is 0 Å². The minimum Gasteiger partial charge on any atom is -0.326 e. The van der Waals surface area contributed by atoms with Crippen molar-refractivity contribution in [2.24, 2.45) is 5.73 Å². The summed E-state index contributed by atoms with van der Waals surface area (Å²) in [6.07, 6.45) is 3.52. The molecule has 0 aromatic heterocycles. The molecule has 0 spiro atoms. The minimum atomic E-state index is -0.372. The number of rotatable bonds is 3. The van der Waals surface area contributed by atoms with Crippen LogP contribution in [-0.2, 0) is 20.9 Å². The number of anilines is 1. The number of hydrogen-bond acceptors (Lipinski definition) is 4. The number of carbonyl (C=O) groups is 3. The maximum Gasteiger partial charge on any atom is 0.228 e. The average molecular weight is 270 g/mol. The molecule has 1 aliphatic rings. The van der Waals surface area contributed by atoms with Gasteiger partial charge in [-0.05, 0) is 29.8 Å². The van der Waals surface area contributed by atoms with Crippen LogP contribution in [0.5, 0.6) is 0 Å². The Morgan fingerprint density at radius 1 is 1.15 bits per heavy atom. The van der Waals surface area contributed by atoms with E-state index in [1.165, 1.54) is 30.1 Å². The summed E-state index contributed by atoms with van der Waals surface area (Å²) in [6, 6.07) is 6.94. The molecule has 0 fully saturated rings. The van der Waals surface area contributed by atoms with Gasteiger partial charge in [-0.25, -0.2) is 0 Å². The van der Waals surface area contributed by atoms with Crippen molar-refractivity contribution in [3.63, 3.8) is 0 Å². The van der Waals surface area contributed by atoms with Gasteiger partial charge in [0.2, 0.25) is 11.7 Å². The van der Waals surface area contributed by atoms with E-state index in [1.807, 2.05) is 0 Å². The summed E-state index contributed by atoms with van der Waals surface area (Å²) in [5, 5.41) is 0. The van der Waals surface area contributed by atoms with Gasteiger partial charge < -0.3 is 5.73 Å². The highest BCUT2D eigenvalue weighted by Crippen LogP contribution is 2.22. The molecule has 20 heavy (non-hydrogen) atoms. The molecule has 0 heterocycles. The molecule has 0 radical (unpaired) electrons. The zero-order valence-corrected chi connectivity index (χ0v) is 11.0. The fraction of sp³-hybridized carbons (Fsp3) is 0.133. The van der Waals surface area contributed by atoms with Crippen molar-refractivity contribution in [2.75, 3.05) is 4.90 Å². The summed E-state index contributed by atoms with van der Waals surface area (Å²) in [5.74, 6) is -1.03. The highest BCUT2D eigenvalue weighted by molar-refractivity contribution is 6.21. The van der Waals surface area contributed by atoms with Crippen molar-refractivity contribution in [2.45, 2.75) is 13.5 Å². The Balaban J connectivity index is 2.43. The molecule has 1 aromatic rings. The lowest BCUT2D eigenvalue weighted by atomic mass is 10.1. The Hall–Kier alpha value is -2.53. The zero-order chi connectivity index (χ0) is 14.7. The Kier molecular flexibility index (Phi) is 3.91.